The Morgan fingerprint density at radius 1 is 0.947 bits per heavy atom. The van der Waals surface area contributed by atoms with Crippen molar-refractivity contribution >= 4 is 17.4 Å². The first-order valence-electron chi connectivity index (χ1n) is 13.0. The van der Waals surface area contributed by atoms with Crippen LogP contribution in [0.4, 0.5) is 0 Å². The number of amides is 1. The molecule has 7 nitrogen and oxygen atoms in total. The van der Waals surface area contributed by atoms with E-state index in [1.54, 1.807) is 18.2 Å². The maximum absolute atomic E-state index is 13.4. The highest BCUT2D eigenvalue weighted by molar-refractivity contribution is 6.46. The number of aliphatic hydroxyl groups excluding tert-OH is 1. The summed E-state index contributed by atoms with van der Waals surface area (Å²) < 4.78 is 17.2. The number of benzene rings is 3. The minimum Gasteiger partial charge on any atom is -0.507 e. The minimum absolute atomic E-state index is 0.0331. The van der Waals surface area contributed by atoms with E-state index < -0.39 is 17.7 Å². The van der Waals surface area contributed by atoms with Crippen molar-refractivity contribution in [3.05, 3.63) is 95.1 Å². The van der Waals surface area contributed by atoms with Crippen molar-refractivity contribution in [2.45, 2.75) is 38.8 Å². The molecule has 1 atom stereocenters. The second-order valence-corrected chi connectivity index (χ2v) is 9.40. The average molecular weight is 514 g/mol. The molecule has 0 radical (unpaired) electrons. The molecule has 7 heteroatoms. The number of likely N-dealkylation sites (tertiary alicyclic amines) is 1. The summed E-state index contributed by atoms with van der Waals surface area (Å²) >= 11 is 0. The fraction of sp³-hybridized carbons (Fsp3) is 0.290. The quantitative estimate of drug-likeness (QED) is 0.172. The van der Waals surface area contributed by atoms with E-state index in [9.17, 15) is 14.7 Å². The molecule has 1 fully saturated rings. The molecule has 38 heavy (non-hydrogen) atoms. The highest BCUT2D eigenvalue weighted by Gasteiger charge is 2.46. The zero-order valence-electron chi connectivity index (χ0n) is 21.4. The summed E-state index contributed by atoms with van der Waals surface area (Å²) in [6.07, 6.45) is 3.11. The number of ketones is 1. The number of carbonyl (C=O) groups is 2. The first kappa shape index (κ1) is 25.4. The minimum atomic E-state index is -0.789. The summed E-state index contributed by atoms with van der Waals surface area (Å²) in [5, 5.41) is 11.4. The molecule has 196 valence electrons. The lowest BCUT2D eigenvalue weighted by Crippen LogP contribution is -2.29. The van der Waals surface area contributed by atoms with Gasteiger partial charge in [-0.25, -0.2) is 0 Å². The second-order valence-electron chi connectivity index (χ2n) is 9.40. The second kappa shape index (κ2) is 11.4. The van der Waals surface area contributed by atoms with Gasteiger partial charge in [0.25, 0.3) is 11.7 Å². The van der Waals surface area contributed by atoms with Gasteiger partial charge in [-0.05, 0) is 47.9 Å². The summed E-state index contributed by atoms with van der Waals surface area (Å²) in [4.78, 5) is 28.3. The lowest BCUT2D eigenvalue weighted by atomic mass is 9.94. The van der Waals surface area contributed by atoms with Gasteiger partial charge >= 0.3 is 0 Å². The third-order valence-corrected chi connectivity index (χ3v) is 6.74. The Hall–Kier alpha value is -4.26. The summed E-state index contributed by atoms with van der Waals surface area (Å²) in [5.74, 6) is 0.0674. The van der Waals surface area contributed by atoms with Crippen molar-refractivity contribution in [3.8, 4) is 17.2 Å². The number of Topliss-reactive ketones (excluding diaryl/α,β-unsaturated/α-hetero) is 1. The van der Waals surface area contributed by atoms with Gasteiger partial charge in [0.1, 0.15) is 24.7 Å². The molecule has 3 aromatic carbocycles. The normalized spacial score (nSPS) is 18.0. The molecule has 1 saturated heterocycles. The van der Waals surface area contributed by atoms with Crippen LogP contribution >= 0.6 is 0 Å². The van der Waals surface area contributed by atoms with E-state index in [2.05, 4.69) is 6.92 Å². The number of carbonyl (C=O) groups excluding carboxylic acids is 2. The molecule has 0 unspecified atom stereocenters. The molecule has 1 N–H and O–H groups in total. The van der Waals surface area contributed by atoms with Crippen LogP contribution in [0, 0.1) is 0 Å². The maximum Gasteiger partial charge on any atom is 0.295 e. The van der Waals surface area contributed by atoms with E-state index in [1.807, 2.05) is 54.6 Å². The van der Waals surface area contributed by atoms with Gasteiger partial charge in [0.2, 0.25) is 0 Å². The van der Waals surface area contributed by atoms with Crippen molar-refractivity contribution in [2.75, 3.05) is 19.8 Å². The van der Waals surface area contributed by atoms with Crippen molar-refractivity contribution < 1.29 is 28.9 Å². The Morgan fingerprint density at radius 2 is 1.74 bits per heavy atom. The number of fused-ring (bicyclic) bond motifs is 1. The Bertz CT molecular complexity index is 1350. The lowest BCUT2D eigenvalue weighted by Gasteiger charge is -2.26. The third kappa shape index (κ3) is 5.23. The van der Waals surface area contributed by atoms with Crippen molar-refractivity contribution in [2.24, 2.45) is 0 Å². The highest BCUT2D eigenvalue weighted by atomic mass is 16.6. The lowest BCUT2D eigenvalue weighted by molar-refractivity contribution is -0.140. The molecular weight excluding hydrogens is 482 g/mol. The van der Waals surface area contributed by atoms with E-state index in [4.69, 9.17) is 14.2 Å². The van der Waals surface area contributed by atoms with E-state index in [-0.39, 0.29) is 17.9 Å². The number of hydrogen-bond donors (Lipinski definition) is 1. The SMILES string of the molecule is CCCCCOc1cccc([C@H]2/C(=C(\O)c3ccc4c(c3)OCCO4)C(=O)C(=O)N2Cc2ccccc2)c1. The van der Waals surface area contributed by atoms with Crippen LogP contribution in [-0.2, 0) is 16.1 Å². The summed E-state index contributed by atoms with van der Waals surface area (Å²) in [6.45, 7) is 3.77. The fourth-order valence-corrected chi connectivity index (χ4v) is 4.83. The van der Waals surface area contributed by atoms with Gasteiger partial charge in [-0.1, -0.05) is 62.2 Å². The summed E-state index contributed by atoms with van der Waals surface area (Å²) in [7, 11) is 0. The molecule has 2 aliphatic rings. The fourth-order valence-electron chi connectivity index (χ4n) is 4.83. The highest BCUT2D eigenvalue weighted by Crippen LogP contribution is 2.42. The van der Waals surface area contributed by atoms with E-state index in [0.717, 1.165) is 24.8 Å². The van der Waals surface area contributed by atoms with Crippen molar-refractivity contribution in [3.63, 3.8) is 0 Å². The predicted molar refractivity (Wildman–Crippen MR) is 143 cm³/mol. The van der Waals surface area contributed by atoms with Crippen LogP contribution in [0.1, 0.15) is 48.9 Å². The van der Waals surface area contributed by atoms with Crippen LogP contribution in [0.3, 0.4) is 0 Å². The van der Waals surface area contributed by atoms with Crippen LogP contribution in [0.2, 0.25) is 0 Å². The Morgan fingerprint density at radius 3 is 2.53 bits per heavy atom. The van der Waals surface area contributed by atoms with Gasteiger partial charge in [-0.15, -0.1) is 0 Å². The molecule has 5 rings (SSSR count). The largest absolute Gasteiger partial charge is 0.507 e. The number of unbranched alkanes of at least 4 members (excludes halogenated alkanes) is 2. The summed E-state index contributed by atoms with van der Waals surface area (Å²) in [5.41, 5.74) is 1.98. The molecule has 2 aliphatic heterocycles. The first-order valence-corrected chi connectivity index (χ1v) is 13.0. The van der Waals surface area contributed by atoms with E-state index in [0.29, 0.717) is 48.2 Å². The number of nitrogens with zero attached hydrogens (tertiary/aromatic N) is 1. The molecule has 0 saturated carbocycles. The van der Waals surface area contributed by atoms with Crippen LogP contribution in [0.25, 0.3) is 5.76 Å². The van der Waals surface area contributed by atoms with Gasteiger partial charge in [0, 0.05) is 12.1 Å². The van der Waals surface area contributed by atoms with Crippen LogP contribution < -0.4 is 14.2 Å². The molecule has 0 bridgehead atoms. The topological polar surface area (TPSA) is 85.3 Å². The third-order valence-electron chi connectivity index (χ3n) is 6.74. The first-order chi connectivity index (χ1) is 18.6. The molecule has 0 aromatic heterocycles. The molecule has 1 amide bonds. The Labute approximate surface area is 222 Å². The molecule has 0 spiro atoms. The molecule has 0 aliphatic carbocycles. The van der Waals surface area contributed by atoms with Crippen LogP contribution in [0.5, 0.6) is 17.2 Å². The molecule has 2 heterocycles. The van der Waals surface area contributed by atoms with Gasteiger partial charge in [0.05, 0.1) is 18.2 Å². The zero-order valence-corrected chi connectivity index (χ0v) is 21.4. The van der Waals surface area contributed by atoms with Crippen molar-refractivity contribution in [1.82, 2.24) is 4.90 Å². The van der Waals surface area contributed by atoms with Crippen LogP contribution in [-0.4, -0.2) is 41.5 Å². The standard InChI is InChI=1S/C31H31NO6/c1-2-3-7-15-36-24-12-8-11-22(18-24)28-27(29(33)23-13-14-25-26(19-23)38-17-16-37-25)30(34)31(35)32(28)20-21-9-5-4-6-10-21/h4-6,8-14,18-19,28,33H,2-3,7,15-17,20H2,1H3/b29-27+/t28-/m0/s1. The van der Waals surface area contributed by atoms with Crippen LogP contribution in [0.15, 0.2) is 78.4 Å². The number of rotatable bonds is 9. The van der Waals surface area contributed by atoms with Gasteiger partial charge in [0.15, 0.2) is 11.5 Å². The molecule has 3 aromatic rings. The molecular formula is C31H31NO6. The van der Waals surface area contributed by atoms with E-state index in [1.165, 1.54) is 4.90 Å². The average Bonchev–Trinajstić information content (AvgIpc) is 3.20. The summed E-state index contributed by atoms with van der Waals surface area (Å²) in [6, 6.07) is 21.1. The maximum atomic E-state index is 13.4. The zero-order chi connectivity index (χ0) is 26.5. The van der Waals surface area contributed by atoms with Gasteiger partial charge < -0.3 is 24.2 Å². The Balaban J connectivity index is 1.56. The number of ether oxygens (including phenoxy) is 3. The predicted octanol–water partition coefficient (Wildman–Crippen LogP) is 5.65. The number of aliphatic hydroxyl groups is 1. The smallest absolute Gasteiger partial charge is 0.295 e. The Kier molecular flexibility index (Phi) is 7.63. The number of hydrogen-bond acceptors (Lipinski definition) is 6. The van der Waals surface area contributed by atoms with Gasteiger partial charge in [-0.3, -0.25) is 9.59 Å². The van der Waals surface area contributed by atoms with E-state index >= 15 is 0 Å². The van der Waals surface area contributed by atoms with Crippen molar-refractivity contribution in [1.29, 1.82) is 0 Å². The van der Waals surface area contributed by atoms with Gasteiger partial charge in [-0.2, -0.15) is 0 Å². The monoisotopic (exact) mass is 513 g/mol.